The Labute approximate surface area is 112 Å². The molecule has 0 spiro atoms. The summed E-state index contributed by atoms with van der Waals surface area (Å²) in [7, 11) is 0. The van der Waals surface area contributed by atoms with Gasteiger partial charge in [-0.2, -0.15) is 11.3 Å². The molecule has 3 heteroatoms. The van der Waals surface area contributed by atoms with Crippen LogP contribution in [0.25, 0.3) is 0 Å². The second kappa shape index (κ2) is 6.57. The number of ether oxygens (including phenoxy) is 1. The summed E-state index contributed by atoms with van der Waals surface area (Å²) in [5, 5.41) is 4.25. The Morgan fingerprint density at radius 1 is 1.22 bits per heavy atom. The van der Waals surface area contributed by atoms with E-state index >= 15 is 0 Å². The molecule has 2 nitrogen and oxygen atoms in total. The molecular weight excluding hydrogens is 242 g/mol. The molecule has 0 amide bonds. The summed E-state index contributed by atoms with van der Waals surface area (Å²) in [6.07, 6.45) is 1.91. The number of thiophene rings is 1. The summed E-state index contributed by atoms with van der Waals surface area (Å²) in [6, 6.07) is 10.4. The lowest BCUT2D eigenvalue weighted by atomic mass is 10.1. The van der Waals surface area contributed by atoms with Crippen LogP contribution in [-0.4, -0.2) is 6.61 Å². The van der Waals surface area contributed by atoms with E-state index in [2.05, 4.69) is 23.8 Å². The van der Waals surface area contributed by atoms with Gasteiger partial charge in [-0.1, -0.05) is 19.1 Å². The van der Waals surface area contributed by atoms with Crippen molar-refractivity contribution in [2.24, 2.45) is 5.73 Å². The summed E-state index contributed by atoms with van der Waals surface area (Å²) in [6.45, 7) is 2.81. The van der Waals surface area contributed by atoms with Crippen molar-refractivity contribution in [3.8, 4) is 5.75 Å². The molecule has 0 aliphatic rings. The molecular formula is C15H19NOS. The van der Waals surface area contributed by atoms with Crippen LogP contribution >= 0.6 is 11.3 Å². The summed E-state index contributed by atoms with van der Waals surface area (Å²) in [4.78, 5) is 0. The third-order valence-electron chi connectivity index (χ3n) is 2.99. The predicted molar refractivity (Wildman–Crippen MR) is 77.2 cm³/mol. The molecule has 0 saturated heterocycles. The van der Waals surface area contributed by atoms with E-state index in [-0.39, 0.29) is 6.04 Å². The van der Waals surface area contributed by atoms with E-state index in [0.717, 1.165) is 25.2 Å². The molecule has 0 saturated carbocycles. The maximum Gasteiger partial charge on any atom is 0.119 e. The van der Waals surface area contributed by atoms with E-state index in [1.54, 1.807) is 11.3 Å². The van der Waals surface area contributed by atoms with Crippen molar-refractivity contribution in [3.05, 3.63) is 52.2 Å². The van der Waals surface area contributed by atoms with Gasteiger partial charge >= 0.3 is 0 Å². The van der Waals surface area contributed by atoms with Crippen LogP contribution in [-0.2, 0) is 6.42 Å². The third kappa shape index (κ3) is 3.59. The van der Waals surface area contributed by atoms with Gasteiger partial charge < -0.3 is 10.5 Å². The molecule has 2 rings (SSSR count). The highest BCUT2D eigenvalue weighted by molar-refractivity contribution is 7.07. The molecule has 18 heavy (non-hydrogen) atoms. The third-order valence-corrected chi connectivity index (χ3v) is 3.72. The van der Waals surface area contributed by atoms with Crippen LogP contribution in [0.5, 0.6) is 5.75 Å². The van der Waals surface area contributed by atoms with Crippen molar-refractivity contribution in [2.75, 3.05) is 6.61 Å². The summed E-state index contributed by atoms with van der Waals surface area (Å²) in [5.74, 6) is 0.914. The maximum atomic E-state index is 5.97. The molecule has 0 aliphatic carbocycles. The Morgan fingerprint density at radius 2 is 2.00 bits per heavy atom. The Bertz CT molecular complexity index is 450. The van der Waals surface area contributed by atoms with Crippen molar-refractivity contribution in [3.63, 3.8) is 0 Å². The minimum absolute atomic E-state index is 0.129. The molecule has 2 aromatic rings. The minimum Gasteiger partial charge on any atom is -0.493 e. The maximum absolute atomic E-state index is 5.97. The molecule has 0 unspecified atom stereocenters. The Balaban J connectivity index is 1.83. The van der Waals surface area contributed by atoms with Crippen LogP contribution in [0.2, 0.25) is 0 Å². The number of benzene rings is 1. The molecule has 0 bridgehead atoms. The fourth-order valence-corrected chi connectivity index (χ4v) is 2.47. The van der Waals surface area contributed by atoms with Crippen LogP contribution in [0, 0.1) is 0 Å². The van der Waals surface area contributed by atoms with Gasteiger partial charge in [-0.3, -0.25) is 0 Å². The van der Waals surface area contributed by atoms with Gasteiger partial charge in [0, 0.05) is 12.5 Å². The van der Waals surface area contributed by atoms with Crippen LogP contribution in [0.1, 0.15) is 30.5 Å². The van der Waals surface area contributed by atoms with E-state index in [4.69, 9.17) is 10.5 Å². The normalized spacial score (nSPS) is 12.3. The van der Waals surface area contributed by atoms with Gasteiger partial charge in [0.25, 0.3) is 0 Å². The van der Waals surface area contributed by atoms with Crippen molar-refractivity contribution >= 4 is 11.3 Å². The highest BCUT2D eigenvalue weighted by Gasteiger charge is 2.03. The number of hydrogen-bond acceptors (Lipinski definition) is 3. The first-order valence-corrected chi connectivity index (χ1v) is 7.23. The topological polar surface area (TPSA) is 35.2 Å². The van der Waals surface area contributed by atoms with E-state index in [9.17, 15) is 0 Å². The van der Waals surface area contributed by atoms with E-state index in [1.807, 2.05) is 24.3 Å². The monoisotopic (exact) mass is 261 g/mol. The standard InChI is InChI=1S/C15H19NOS/c1-2-15(16)13-3-5-14(6-4-13)17-9-7-12-8-10-18-11-12/h3-6,8,10-11,15H,2,7,9,16H2,1H3/t15-/m0/s1. The van der Waals surface area contributed by atoms with Crippen LogP contribution in [0.3, 0.4) is 0 Å². The van der Waals surface area contributed by atoms with Gasteiger partial charge in [0.15, 0.2) is 0 Å². The molecule has 1 aromatic heterocycles. The lowest BCUT2D eigenvalue weighted by Gasteiger charge is -2.10. The molecule has 1 atom stereocenters. The first-order chi connectivity index (χ1) is 8.79. The van der Waals surface area contributed by atoms with E-state index in [1.165, 1.54) is 11.1 Å². The number of rotatable bonds is 6. The molecule has 0 radical (unpaired) electrons. The SMILES string of the molecule is CC[C@H](N)c1ccc(OCCc2ccsc2)cc1. The average molecular weight is 261 g/mol. The largest absolute Gasteiger partial charge is 0.493 e. The van der Waals surface area contributed by atoms with Crippen molar-refractivity contribution in [2.45, 2.75) is 25.8 Å². The van der Waals surface area contributed by atoms with Crippen LogP contribution in [0.4, 0.5) is 0 Å². The van der Waals surface area contributed by atoms with Crippen molar-refractivity contribution in [1.29, 1.82) is 0 Å². The van der Waals surface area contributed by atoms with E-state index < -0.39 is 0 Å². The summed E-state index contributed by atoms with van der Waals surface area (Å²) >= 11 is 1.72. The van der Waals surface area contributed by atoms with Gasteiger partial charge in [-0.25, -0.2) is 0 Å². The van der Waals surface area contributed by atoms with Crippen molar-refractivity contribution in [1.82, 2.24) is 0 Å². The zero-order valence-corrected chi connectivity index (χ0v) is 11.5. The van der Waals surface area contributed by atoms with E-state index in [0.29, 0.717) is 0 Å². The second-order valence-electron chi connectivity index (χ2n) is 4.31. The Hall–Kier alpha value is -1.32. The lowest BCUT2D eigenvalue weighted by Crippen LogP contribution is -2.08. The zero-order chi connectivity index (χ0) is 12.8. The highest BCUT2D eigenvalue weighted by atomic mass is 32.1. The Morgan fingerprint density at radius 3 is 2.61 bits per heavy atom. The minimum atomic E-state index is 0.129. The molecule has 0 aliphatic heterocycles. The van der Waals surface area contributed by atoms with Gasteiger partial charge in [-0.05, 0) is 46.5 Å². The lowest BCUT2D eigenvalue weighted by molar-refractivity contribution is 0.322. The fraction of sp³-hybridized carbons (Fsp3) is 0.333. The number of nitrogens with two attached hydrogens (primary N) is 1. The quantitative estimate of drug-likeness (QED) is 0.859. The van der Waals surface area contributed by atoms with Gasteiger partial charge in [0.2, 0.25) is 0 Å². The average Bonchev–Trinajstić information content (AvgIpc) is 2.92. The number of hydrogen-bond donors (Lipinski definition) is 1. The molecule has 2 N–H and O–H groups in total. The van der Waals surface area contributed by atoms with Crippen molar-refractivity contribution < 1.29 is 4.74 Å². The molecule has 96 valence electrons. The first-order valence-electron chi connectivity index (χ1n) is 6.29. The zero-order valence-electron chi connectivity index (χ0n) is 10.6. The first kappa shape index (κ1) is 13.1. The second-order valence-corrected chi connectivity index (χ2v) is 5.09. The summed E-state index contributed by atoms with van der Waals surface area (Å²) in [5.41, 5.74) is 8.48. The summed E-state index contributed by atoms with van der Waals surface area (Å²) < 4.78 is 5.71. The predicted octanol–water partition coefficient (Wildman–Crippen LogP) is 3.78. The van der Waals surface area contributed by atoms with Crippen LogP contribution < -0.4 is 10.5 Å². The smallest absolute Gasteiger partial charge is 0.119 e. The van der Waals surface area contributed by atoms with Gasteiger partial charge in [-0.15, -0.1) is 0 Å². The van der Waals surface area contributed by atoms with Gasteiger partial charge in [0.05, 0.1) is 6.61 Å². The molecule has 1 aromatic carbocycles. The molecule has 0 fully saturated rings. The van der Waals surface area contributed by atoms with Gasteiger partial charge in [0.1, 0.15) is 5.75 Å². The fourth-order valence-electron chi connectivity index (χ4n) is 1.77. The highest BCUT2D eigenvalue weighted by Crippen LogP contribution is 2.18. The molecule has 1 heterocycles. The van der Waals surface area contributed by atoms with Crippen LogP contribution in [0.15, 0.2) is 41.1 Å². The Kier molecular flexibility index (Phi) is 4.79.